The standard InChI is InChI=1S/C20H25NO4/c1-14(21-20(23)15-7-3-2-4-8-15)11-19(22)24-13-17-12-16-9-5-6-10-18(16)25-17/h5-6,9-10,12,14-15H,2-4,7-8,11,13H2,1H3,(H,21,23). The lowest BCUT2D eigenvalue weighted by Gasteiger charge is -2.22. The summed E-state index contributed by atoms with van der Waals surface area (Å²) in [5.41, 5.74) is 0.779. The largest absolute Gasteiger partial charge is 0.457 e. The maximum atomic E-state index is 12.2. The van der Waals surface area contributed by atoms with Crippen LogP contribution in [-0.4, -0.2) is 17.9 Å². The Labute approximate surface area is 147 Å². The van der Waals surface area contributed by atoms with Crippen LogP contribution in [0.15, 0.2) is 34.7 Å². The molecule has 134 valence electrons. The van der Waals surface area contributed by atoms with Crippen LogP contribution < -0.4 is 5.32 Å². The van der Waals surface area contributed by atoms with Gasteiger partial charge in [-0.3, -0.25) is 9.59 Å². The van der Waals surface area contributed by atoms with Gasteiger partial charge in [-0.15, -0.1) is 0 Å². The molecule has 25 heavy (non-hydrogen) atoms. The van der Waals surface area contributed by atoms with Crippen molar-refractivity contribution in [3.63, 3.8) is 0 Å². The predicted octanol–water partition coefficient (Wildman–Crippen LogP) is 3.95. The molecule has 1 amide bonds. The molecule has 1 N–H and O–H groups in total. The second kappa shape index (κ2) is 8.19. The van der Waals surface area contributed by atoms with Crippen molar-refractivity contribution in [2.75, 3.05) is 0 Å². The van der Waals surface area contributed by atoms with E-state index in [1.54, 1.807) is 0 Å². The van der Waals surface area contributed by atoms with Crippen LogP contribution in [0.5, 0.6) is 0 Å². The maximum absolute atomic E-state index is 12.2. The number of furan rings is 1. The molecule has 1 aliphatic rings. The van der Waals surface area contributed by atoms with Gasteiger partial charge >= 0.3 is 5.97 Å². The summed E-state index contributed by atoms with van der Waals surface area (Å²) in [6, 6.07) is 9.31. The highest BCUT2D eigenvalue weighted by Crippen LogP contribution is 2.24. The van der Waals surface area contributed by atoms with Gasteiger partial charge in [0, 0.05) is 17.3 Å². The van der Waals surface area contributed by atoms with Crippen molar-refractivity contribution in [2.45, 2.75) is 58.1 Å². The van der Waals surface area contributed by atoms with Crippen LogP contribution in [0.25, 0.3) is 11.0 Å². The lowest BCUT2D eigenvalue weighted by atomic mass is 9.88. The number of benzene rings is 1. The molecule has 0 saturated heterocycles. The second-order valence-electron chi connectivity index (χ2n) is 6.86. The summed E-state index contributed by atoms with van der Waals surface area (Å²) in [5, 5.41) is 3.92. The molecule has 1 aliphatic carbocycles. The number of carbonyl (C=O) groups excluding carboxylic acids is 2. The average Bonchev–Trinajstić information content (AvgIpc) is 3.03. The summed E-state index contributed by atoms with van der Waals surface area (Å²) < 4.78 is 10.9. The number of amides is 1. The Kier molecular flexibility index (Phi) is 5.74. The summed E-state index contributed by atoms with van der Waals surface area (Å²) in [5.74, 6) is 0.449. The third kappa shape index (κ3) is 4.84. The van der Waals surface area contributed by atoms with E-state index in [9.17, 15) is 9.59 Å². The van der Waals surface area contributed by atoms with Crippen LogP contribution in [0.1, 0.15) is 51.2 Å². The molecule has 1 aromatic carbocycles. The monoisotopic (exact) mass is 343 g/mol. The van der Waals surface area contributed by atoms with Crippen LogP contribution >= 0.6 is 0 Å². The van der Waals surface area contributed by atoms with E-state index in [0.29, 0.717) is 5.76 Å². The first-order valence-corrected chi connectivity index (χ1v) is 9.05. The van der Waals surface area contributed by atoms with Gasteiger partial charge in [-0.05, 0) is 31.9 Å². The highest BCUT2D eigenvalue weighted by molar-refractivity contribution is 5.80. The van der Waals surface area contributed by atoms with Crippen molar-refractivity contribution in [3.05, 3.63) is 36.1 Å². The Balaban J connectivity index is 1.42. The number of nitrogens with one attached hydrogen (secondary N) is 1. The number of rotatable bonds is 6. The summed E-state index contributed by atoms with van der Waals surface area (Å²) in [7, 11) is 0. The Morgan fingerprint density at radius 3 is 2.76 bits per heavy atom. The van der Waals surface area contributed by atoms with E-state index in [4.69, 9.17) is 9.15 Å². The van der Waals surface area contributed by atoms with Crippen molar-refractivity contribution in [3.8, 4) is 0 Å². The van der Waals surface area contributed by atoms with Crippen molar-refractivity contribution in [1.82, 2.24) is 5.32 Å². The van der Waals surface area contributed by atoms with E-state index in [1.807, 2.05) is 37.3 Å². The molecule has 0 spiro atoms. The minimum Gasteiger partial charge on any atom is -0.457 e. The van der Waals surface area contributed by atoms with E-state index in [0.717, 1.165) is 36.7 Å². The molecule has 1 saturated carbocycles. The lowest BCUT2D eigenvalue weighted by molar-refractivity contribution is -0.146. The minimum absolute atomic E-state index is 0.0669. The highest BCUT2D eigenvalue weighted by Gasteiger charge is 2.23. The minimum atomic E-state index is -0.336. The Morgan fingerprint density at radius 2 is 2.00 bits per heavy atom. The number of esters is 1. The molecule has 1 heterocycles. The predicted molar refractivity (Wildman–Crippen MR) is 94.8 cm³/mol. The van der Waals surface area contributed by atoms with Crippen molar-refractivity contribution >= 4 is 22.8 Å². The van der Waals surface area contributed by atoms with Gasteiger partial charge in [-0.25, -0.2) is 0 Å². The molecule has 0 radical (unpaired) electrons. The normalized spacial score (nSPS) is 16.5. The summed E-state index contributed by atoms with van der Waals surface area (Å²) >= 11 is 0. The summed E-state index contributed by atoms with van der Waals surface area (Å²) in [6.07, 6.45) is 5.52. The molecule has 1 fully saturated rings. The molecule has 3 rings (SSSR count). The summed E-state index contributed by atoms with van der Waals surface area (Å²) in [6.45, 7) is 1.94. The van der Waals surface area contributed by atoms with E-state index in [2.05, 4.69) is 5.32 Å². The molecule has 1 aromatic heterocycles. The number of hydrogen-bond acceptors (Lipinski definition) is 4. The molecular weight excluding hydrogens is 318 g/mol. The van der Waals surface area contributed by atoms with Crippen LogP contribution in [0.2, 0.25) is 0 Å². The number of hydrogen-bond donors (Lipinski definition) is 1. The first kappa shape index (κ1) is 17.5. The van der Waals surface area contributed by atoms with Gasteiger partial charge in [0.2, 0.25) is 5.91 Å². The fourth-order valence-corrected chi connectivity index (χ4v) is 3.35. The van der Waals surface area contributed by atoms with Gasteiger partial charge in [0.15, 0.2) is 0 Å². The van der Waals surface area contributed by atoms with Crippen LogP contribution in [0.3, 0.4) is 0 Å². The molecule has 5 heteroatoms. The quantitative estimate of drug-likeness (QED) is 0.806. The number of para-hydroxylation sites is 1. The fraction of sp³-hybridized carbons (Fsp3) is 0.500. The van der Waals surface area contributed by atoms with Gasteiger partial charge in [0.25, 0.3) is 0 Å². The zero-order valence-electron chi connectivity index (χ0n) is 14.6. The Morgan fingerprint density at radius 1 is 1.24 bits per heavy atom. The zero-order chi connectivity index (χ0) is 17.6. The lowest BCUT2D eigenvalue weighted by Crippen LogP contribution is -2.39. The third-order valence-electron chi connectivity index (χ3n) is 4.69. The van der Waals surface area contributed by atoms with Crippen LogP contribution in [0.4, 0.5) is 0 Å². The topological polar surface area (TPSA) is 68.5 Å². The van der Waals surface area contributed by atoms with Gasteiger partial charge in [0.1, 0.15) is 18.0 Å². The van der Waals surface area contributed by atoms with Gasteiger partial charge in [0.05, 0.1) is 6.42 Å². The molecule has 0 bridgehead atoms. The Bertz CT molecular complexity index is 697. The van der Waals surface area contributed by atoms with Crippen LogP contribution in [0, 0.1) is 5.92 Å². The fourth-order valence-electron chi connectivity index (χ4n) is 3.35. The smallest absolute Gasteiger partial charge is 0.308 e. The average molecular weight is 343 g/mol. The van der Waals surface area contributed by atoms with E-state index >= 15 is 0 Å². The molecule has 1 unspecified atom stereocenters. The number of ether oxygens (including phenoxy) is 1. The van der Waals surface area contributed by atoms with Gasteiger partial charge in [-0.1, -0.05) is 37.5 Å². The second-order valence-corrected chi connectivity index (χ2v) is 6.86. The van der Waals surface area contributed by atoms with Gasteiger partial charge < -0.3 is 14.5 Å². The Hall–Kier alpha value is -2.30. The van der Waals surface area contributed by atoms with Crippen molar-refractivity contribution in [2.24, 2.45) is 5.92 Å². The molecule has 1 atom stereocenters. The maximum Gasteiger partial charge on any atom is 0.308 e. The van der Waals surface area contributed by atoms with E-state index < -0.39 is 0 Å². The number of fused-ring (bicyclic) bond motifs is 1. The van der Waals surface area contributed by atoms with Gasteiger partial charge in [-0.2, -0.15) is 0 Å². The zero-order valence-corrected chi connectivity index (χ0v) is 14.6. The molecule has 0 aliphatic heterocycles. The van der Waals surface area contributed by atoms with E-state index in [1.165, 1.54) is 6.42 Å². The molecule has 5 nitrogen and oxygen atoms in total. The highest BCUT2D eigenvalue weighted by atomic mass is 16.5. The third-order valence-corrected chi connectivity index (χ3v) is 4.69. The first-order valence-electron chi connectivity index (χ1n) is 9.05. The first-order chi connectivity index (χ1) is 12.1. The van der Waals surface area contributed by atoms with Crippen molar-refractivity contribution < 1.29 is 18.7 Å². The number of carbonyl (C=O) groups is 2. The van der Waals surface area contributed by atoms with E-state index in [-0.39, 0.29) is 36.9 Å². The summed E-state index contributed by atoms with van der Waals surface area (Å²) in [4.78, 5) is 24.2. The molecule has 2 aromatic rings. The van der Waals surface area contributed by atoms with Crippen LogP contribution in [-0.2, 0) is 20.9 Å². The van der Waals surface area contributed by atoms with Crippen molar-refractivity contribution in [1.29, 1.82) is 0 Å². The molecular formula is C20H25NO4. The SMILES string of the molecule is CC(CC(=O)OCc1cc2ccccc2o1)NC(=O)C1CCCCC1.